The number of methoxy groups -OCH3 is 1. The molecular formula is C36H44N4O8PS+. The molecule has 0 bridgehead atoms. The molecule has 0 fully saturated rings. The maximum atomic E-state index is 13.1. The number of carbonyl (C=O) groups is 5. The molecule has 3 N–H and O–H groups in total. The van der Waals surface area contributed by atoms with E-state index in [1.165, 1.54) is 23.0 Å². The van der Waals surface area contributed by atoms with E-state index in [0.29, 0.717) is 18.4 Å². The van der Waals surface area contributed by atoms with Gasteiger partial charge in [0.15, 0.2) is 0 Å². The third kappa shape index (κ3) is 12.1. The largest absolute Gasteiger partial charge is 0.467 e. The monoisotopic (exact) mass is 723 g/mol. The quantitative estimate of drug-likeness (QED) is 0.0492. The van der Waals surface area contributed by atoms with E-state index in [1.807, 2.05) is 18.2 Å². The van der Waals surface area contributed by atoms with Crippen LogP contribution in [0.3, 0.4) is 0 Å². The lowest BCUT2D eigenvalue weighted by atomic mass is 10.1. The molecule has 12 nitrogen and oxygen atoms in total. The van der Waals surface area contributed by atoms with Crippen LogP contribution in [0.2, 0.25) is 0 Å². The van der Waals surface area contributed by atoms with Crippen molar-refractivity contribution in [2.24, 2.45) is 4.58 Å². The van der Waals surface area contributed by atoms with E-state index in [1.54, 1.807) is 6.92 Å². The van der Waals surface area contributed by atoms with E-state index in [4.69, 9.17) is 9.47 Å². The normalized spacial score (nSPS) is 12.1. The maximum absolute atomic E-state index is 13.1. The number of nitrogens with one attached hydrogen (secondary N) is 3. The average Bonchev–Trinajstić information content (AvgIpc) is 3.15. The van der Waals surface area contributed by atoms with Gasteiger partial charge in [-0.3, -0.25) is 19.2 Å². The molecule has 50 heavy (non-hydrogen) atoms. The number of unbranched alkanes of at least 4 members (excludes halogenated alkanes) is 1. The fourth-order valence-corrected chi connectivity index (χ4v) is 10.4. The highest BCUT2D eigenvalue weighted by molar-refractivity contribution is 7.98. The first-order valence-electron chi connectivity index (χ1n) is 16.3. The summed E-state index contributed by atoms with van der Waals surface area (Å²) in [6.45, 7) is 1.34. The zero-order valence-electron chi connectivity index (χ0n) is 28.2. The molecule has 0 spiro atoms. The van der Waals surface area contributed by atoms with E-state index in [2.05, 4.69) is 93.3 Å². The van der Waals surface area contributed by atoms with Gasteiger partial charge in [-0.05, 0) is 62.6 Å². The Morgan fingerprint density at radius 2 is 1.28 bits per heavy atom. The zero-order valence-corrected chi connectivity index (χ0v) is 30.0. The van der Waals surface area contributed by atoms with Gasteiger partial charge in [0, 0.05) is 35.1 Å². The second-order valence-corrected chi connectivity index (χ2v) is 15.5. The molecule has 0 radical (unpaired) electrons. The molecule has 0 aromatic heterocycles. The molecule has 3 amide bonds. The van der Waals surface area contributed by atoms with Gasteiger partial charge >= 0.3 is 11.9 Å². The van der Waals surface area contributed by atoms with Crippen LogP contribution in [0.1, 0.15) is 39.0 Å². The lowest BCUT2D eigenvalue weighted by Gasteiger charge is -2.27. The van der Waals surface area contributed by atoms with Gasteiger partial charge in [0.2, 0.25) is 17.7 Å². The molecule has 266 valence electrons. The third-order valence-corrected chi connectivity index (χ3v) is 13.0. The predicted molar refractivity (Wildman–Crippen MR) is 197 cm³/mol. The van der Waals surface area contributed by atoms with Crippen molar-refractivity contribution in [2.75, 3.05) is 32.2 Å². The van der Waals surface area contributed by atoms with Crippen molar-refractivity contribution in [3.05, 3.63) is 95.9 Å². The summed E-state index contributed by atoms with van der Waals surface area (Å²) in [5.41, 5.74) is 0. The number of benzene rings is 3. The molecular weight excluding hydrogens is 679 g/mol. The van der Waals surface area contributed by atoms with E-state index in [0.717, 1.165) is 12.6 Å². The molecule has 3 aromatic rings. The minimum absolute atomic E-state index is 0.0921. The van der Waals surface area contributed by atoms with Gasteiger partial charge in [-0.25, -0.2) is 4.79 Å². The Morgan fingerprint density at radius 1 is 0.760 bits per heavy atom. The SMILES string of the molecule is CCOC(=O)CNC(=O)[C@H](CSN=O)NC(=O)CC[C@H](NC(=O)CCCC[P+](c1ccccc1)(c1ccccc1)c1ccccc1)C(=O)OC. The number of esters is 2. The first kappa shape index (κ1) is 39.8. The van der Waals surface area contributed by atoms with E-state index < -0.39 is 49.6 Å². The highest BCUT2D eigenvalue weighted by atomic mass is 32.2. The van der Waals surface area contributed by atoms with Crippen molar-refractivity contribution < 1.29 is 33.4 Å². The minimum Gasteiger partial charge on any atom is -0.467 e. The Balaban J connectivity index is 1.61. The van der Waals surface area contributed by atoms with E-state index in [-0.39, 0.29) is 37.5 Å². The number of nitrogens with zero attached hydrogens (tertiary/aromatic N) is 1. The number of hydrogen-bond donors (Lipinski definition) is 3. The molecule has 0 aliphatic carbocycles. The summed E-state index contributed by atoms with van der Waals surface area (Å²) in [5, 5.41) is 11.3. The van der Waals surface area contributed by atoms with E-state index in [9.17, 15) is 28.9 Å². The van der Waals surface area contributed by atoms with Crippen LogP contribution < -0.4 is 31.9 Å². The van der Waals surface area contributed by atoms with Gasteiger partial charge in [-0.15, -0.1) is 4.91 Å². The molecule has 0 aliphatic rings. The maximum Gasteiger partial charge on any atom is 0.328 e. The number of rotatable bonds is 21. The van der Waals surface area contributed by atoms with Gasteiger partial charge in [0.25, 0.3) is 0 Å². The van der Waals surface area contributed by atoms with Crippen molar-refractivity contribution in [1.82, 2.24) is 16.0 Å². The number of ether oxygens (including phenoxy) is 2. The number of carbonyl (C=O) groups excluding carboxylic acids is 5. The fourth-order valence-electron chi connectivity index (χ4n) is 5.50. The Morgan fingerprint density at radius 3 is 1.78 bits per heavy atom. The van der Waals surface area contributed by atoms with Crippen LogP contribution in [0.4, 0.5) is 0 Å². The van der Waals surface area contributed by atoms with E-state index >= 15 is 0 Å². The van der Waals surface area contributed by atoms with Crippen LogP contribution in [0.25, 0.3) is 0 Å². The summed E-state index contributed by atoms with van der Waals surface area (Å²) in [4.78, 5) is 73.1. The molecule has 0 unspecified atom stereocenters. The highest BCUT2D eigenvalue weighted by Gasteiger charge is 2.44. The average molecular weight is 724 g/mol. The second kappa shape index (κ2) is 21.5. The van der Waals surface area contributed by atoms with Crippen molar-refractivity contribution >= 4 is 64.8 Å². The Kier molecular flexibility index (Phi) is 17.1. The minimum atomic E-state index is -2.05. The van der Waals surface area contributed by atoms with Gasteiger partial charge < -0.3 is 25.4 Å². The predicted octanol–water partition coefficient (Wildman–Crippen LogP) is 3.17. The Hall–Kier alpha value is -4.61. The van der Waals surface area contributed by atoms with Crippen molar-refractivity contribution in [2.45, 2.75) is 51.1 Å². The second-order valence-electron chi connectivity index (χ2n) is 11.2. The van der Waals surface area contributed by atoms with Crippen molar-refractivity contribution in [3.63, 3.8) is 0 Å². The molecule has 3 aromatic carbocycles. The van der Waals surface area contributed by atoms with Crippen LogP contribution in [0.5, 0.6) is 0 Å². The van der Waals surface area contributed by atoms with Gasteiger partial charge in [0.1, 0.15) is 41.8 Å². The summed E-state index contributed by atoms with van der Waals surface area (Å²) in [6, 6.07) is 29.1. The zero-order chi connectivity index (χ0) is 36.2. The number of nitroso groups, excluding NO2 is 1. The van der Waals surface area contributed by atoms with Crippen LogP contribution in [-0.4, -0.2) is 73.9 Å². The lowest BCUT2D eigenvalue weighted by molar-refractivity contribution is -0.145. The van der Waals surface area contributed by atoms with Crippen LogP contribution in [0, 0.1) is 4.91 Å². The molecule has 0 saturated carbocycles. The summed E-state index contributed by atoms with van der Waals surface area (Å²) in [6.07, 6.45) is 1.99. The molecule has 14 heteroatoms. The summed E-state index contributed by atoms with van der Waals surface area (Å²) in [7, 11) is -0.859. The topological polar surface area (TPSA) is 169 Å². The van der Waals surface area contributed by atoms with Gasteiger partial charge in [-0.1, -0.05) is 54.6 Å². The first-order valence-corrected chi connectivity index (χ1v) is 19.3. The summed E-state index contributed by atoms with van der Waals surface area (Å²) < 4.78 is 12.3. The highest BCUT2D eigenvalue weighted by Crippen LogP contribution is 2.55. The molecule has 2 atom stereocenters. The fraction of sp³-hybridized carbons (Fsp3) is 0.361. The summed E-state index contributed by atoms with van der Waals surface area (Å²) >= 11 is 0.528. The van der Waals surface area contributed by atoms with Crippen LogP contribution in [-0.2, 0) is 33.4 Å². The van der Waals surface area contributed by atoms with Crippen molar-refractivity contribution in [1.29, 1.82) is 0 Å². The van der Waals surface area contributed by atoms with Crippen LogP contribution in [0.15, 0.2) is 95.6 Å². The Bertz CT molecular complexity index is 1450. The first-order chi connectivity index (χ1) is 24.2. The van der Waals surface area contributed by atoms with Gasteiger partial charge in [-0.2, -0.15) is 0 Å². The Labute approximate surface area is 297 Å². The van der Waals surface area contributed by atoms with Crippen LogP contribution >= 0.6 is 19.2 Å². The third-order valence-electron chi connectivity index (χ3n) is 7.88. The van der Waals surface area contributed by atoms with Gasteiger partial charge in [0.05, 0.1) is 19.9 Å². The smallest absolute Gasteiger partial charge is 0.328 e. The standard InChI is InChI=1S/C36H43N4O8PS/c1-3-48-34(43)25-37-35(44)31(26-50-40-46)39-33(42)23-22-30(36(45)47-2)38-32(41)21-13-14-24-49(27-15-7-4-8-16-27,28-17-9-5-10-18-28)29-19-11-6-12-20-29/h4-12,15-20,30-31H,3,13-14,21-26H2,1-2H3,(H2-,37,38,39,41,42,44)/p+1/t30-,31-/m0/s1. The molecule has 0 aliphatic heterocycles. The molecule has 0 saturated heterocycles. The lowest BCUT2D eigenvalue weighted by Crippen LogP contribution is -2.50. The molecule has 3 rings (SSSR count). The molecule has 0 heterocycles. The number of hydrogen-bond acceptors (Lipinski definition) is 10. The summed E-state index contributed by atoms with van der Waals surface area (Å²) in [5.74, 6) is -3.22. The van der Waals surface area contributed by atoms with Crippen molar-refractivity contribution in [3.8, 4) is 0 Å². The number of amides is 3.